The second-order valence-electron chi connectivity index (χ2n) is 4.22. The van der Waals surface area contributed by atoms with Crippen molar-refractivity contribution in [2.45, 2.75) is 11.9 Å². The number of nitriles is 1. The number of nitrogens with zero attached hydrogens (tertiary/aromatic N) is 1. The molecule has 0 aliphatic carbocycles. The summed E-state index contributed by atoms with van der Waals surface area (Å²) in [6.07, 6.45) is 0. The minimum absolute atomic E-state index is 0.438. The van der Waals surface area contributed by atoms with Crippen molar-refractivity contribution in [3.8, 4) is 17.6 Å². The molecule has 0 bridgehead atoms. The molecule has 0 saturated heterocycles. The van der Waals surface area contributed by atoms with Crippen LogP contribution in [0, 0.1) is 11.3 Å². The average molecular weight is 332 g/mol. The van der Waals surface area contributed by atoms with Crippen molar-refractivity contribution >= 4 is 15.9 Å². The lowest BCUT2D eigenvalue weighted by Gasteiger charge is -2.09. The van der Waals surface area contributed by atoms with Crippen molar-refractivity contribution in [3.63, 3.8) is 0 Å². The summed E-state index contributed by atoms with van der Waals surface area (Å²) >= 11 is 3.42. The molecular weight excluding hydrogens is 318 g/mol. The van der Waals surface area contributed by atoms with Gasteiger partial charge in [0.15, 0.2) is 0 Å². The van der Waals surface area contributed by atoms with Crippen molar-refractivity contribution in [2.75, 3.05) is 7.11 Å². The van der Waals surface area contributed by atoms with E-state index in [4.69, 9.17) is 14.7 Å². The molecule has 2 aromatic rings. The standard InChI is InChI=1S/C16H14BrNO2/c1-19-16-8-13(5-6-14(16)10-18)11-20-15-4-2-3-12(7-15)9-17/h2-8H,9,11H2,1H3. The zero-order valence-corrected chi connectivity index (χ0v) is 12.7. The lowest BCUT2D eigenvalue weighted by atomic mass is 10.1. The maximum Gasteiger partial charge on any atom is 0.137 e. The summed E-state index contributed by atoms with van der Waals surface area (Å²) in [7, 11) is 1.56. The van der Waals surface area contributed by atoms with Crippen LogP contribution in [0.15, 0.2) is 42.5 Å². The maximum atomic E-state index is 8.94. The Kier molecular flexibility index (Phi) is 5.03. The van der Waals surface area contributed by atoms with Crippen LogP contribution < -0.4 is 9.47 Å². The van der Waals surface area contributed by atoms with E-state index >= 15 is 0 Å². The number of ether oxygens (including phenoxy) is 2. The molecule has 20 heavy (non-hydrogen) atoms. The lowest BCUT2D eigenvalue weighted by molar-refractivity contribution is 0.305. The van der Waals surface area contributed by atoms with Crippen molar-refractivity contribution in [2.24, 2.45) is 0 Å². The number of methoxy groups -OCH3 is 1. The Morgan fingerprint density at radius 3 is 2.70 bits per heavy atom. The second-order valence-corrected chi connectivity index (χ2v) is 4.78. The van der Waals surface area contributed by atoms with Gasteiger partial charge in [-0.1, -0.05) is 34.1 Å². The third-order valence-electron chi connectivity index (χ3n) is 2.84. The Morgan fingerprint density at radius 2 is 2.00 bits per heavy atom. The summed E-state index contributed by atoms with van der Waals surface area (Å²) < 4.78 is 10.9. The van der Waals surface area contributed by atoms with Gasteiger partial charge in [0.25, 0.3) is 0 Å². The first kappa shape index (κ1) is 14.4. The predicted octanol–water partition coefficient (Wildman–Crippen LogP) is 4.04. The molecule has 0 N–H and O–H groups in total. The highest BCUT2D eigenvalue weighted by Crippen LogP contribution is 2.21. The normalized spacial score (nSPS) is 9.85. The smallest absolute Gasteiger partial charge is 0.137 e. The van der Waals surface area contributed by atoms with E-state index in [0.717, 1.165) is 16.6 Å². The molecule has 0 spiro atoms. The number of halogens is 1. The highest BCUT2D eigenvalue weighted by Gasteiger charge is 2.04. The Labute approximate surface area is 126 Å². The minimum atomic E-state index is 0.438. The van der Waals surface area contributed by atoms with Gasteiger partial charge >= 0.3 is 0 Å². The molecule has 2 aromatic carbocycles. The van der Waals surface area contributed by atoms with E-state index in [9.17, 15) is 0 Å². The molecule has 0 heterocycles. The van der Waals surface area contributed by atoms with Gasteiger partial charge in [0.05, 0.1) is 12.7 Å². The quantitative estimate of drug-likeness (QED) is 0.776. The minimum Gasteiger partial charge on any atom is -0.495 e. The van der Waals surface area contributed by atoms with Gasteiger partial charge in [-0.25, -0.2) is 0 Å². The van der Waals surface area contributed by atoms with E-state index in [-0.39, 0.29) is 0 Å². The van der Waals surface area contributed by atoms with Crippen LogP contribution in [0.1, 0.15) is 16.7 Å². The van der Waals surface area contributed by atoms with Gasteiger partial charge in [-0.3, -0.25) is 0 Å². The van der Waals surface area contributed by atoms with Gasteiger partial charge < -0.3 is 9.47 Å². The first-order valence-electron chi connectivity index (χ1n) is 6.11. The molecule has 0 unspecified atom stereocenters. The SMILES string of the molecule is COc1cc(COc2cccc(CBr)c2)ccc1C#N. The molecule has 0 aliphatic rings. The molecule has 2 rings (SSSR count). The molecular formula is C16H14BrNO2. The number of hydrogen-bond acceptors (Lipinski definition) is 3. The molecule has 0 fully saturated rings. The summed E-state index contributed by atoms with van der Waals surface area (Å²) in [6.45, 7) is 0.438. The van der Waals surface area contributed by atoms with Crippen LogP contribution in [-0.2, 0) is 11.9 Å². The number of hydrogen-bond donors (Lipinski definition) is 0. The van der Waals surface area contributed by atoms with Crippen LogP contribution in [0.3, 0.4) is 0 Å². The van der Waals surface area contributed by atoms with Crippen LogP contribution in [0.4, 0.5) is 0 Å². The lowest BCUT2D eigenvalue weighted by Crippen LogP contribution is -1.97. The monoisotopic (exact) mass is 331 g/mol. The molecule has 102 valence electrons. The summed E-state index contributed by atoms with van der Waals surface area (Å²) in [5.41, 5.74) is 2.66. The van der Waals surface area contributed by atoms with Gasteiger partial charge in [-0.05, 0) is 35.4 Å². The van der Waals surface area contributed by atoms with E-state index in [1.807, 2.05) is 36.4 Å². The Balaban J connectivity index is 2.09. The molecule has 0 radical (unpaired) electrons. The number of benzene rings is 2. The Bertz CT molecular complexity index is 635. The fourth-order valence-corrected chi connectivity index (χ4v) is 2.15. The molecule has 4 heteroatoms. The first-order chi connectivity index (χ1) is 9.76. The summed E-state index contributed by atoms with van der Waals surface area (Å²) in [5, 5.41) is 9.74. The predicted molar refractivity (Wildman–Crippen MR) is 81.1 cm³/mol. The third-order valence-corrected chi connectivity index (χ3v) is 3.49. The molecule has 0 aromatic heterocycles. The van der Waals surface area contributed by atoms with E-state index in [1.54, 1.807) is 13.2 Å². The Hall–Kier alpha value is -1.99. The van der Waals surface area contributed by atoms with E-state index in [1.165, 1.54) is 5.56 Å². The highest BCUT2D eigenvalue weighted by molar-refractivity contribution is 9.08. The van der Waals surface area contributed by atoms with E-state index in [2.05, 4.69) is 22.0 Å². The van der Waals surface area contributed by atoms with E-state index < -0.39 is 0 Å². The van der Waals surface area contributed by atoms with Crippen molar-refractivity contribution in [3.05, 3.63) is 59.2 Å². The van der Waals surface area contributed by atoms with Crippen molar-refractivity contribution in [1.29, 1.82) is 5.26 Å². The van der Waals surface area contributed by atoms with Gasteiger partial charge in [-0.15, -0.1) is 0 Å². The van der Waals surface area contributed by atoms with Crippen molar-refractivity contribution in [1.82, 2.24) is 0 Å². The Morgan fingerprint density at radius 1 is 1.15 bits per heavy atom. The first-order valence-corrected chi connectivity index (χ1v) is 7.23. The molecule has 0 aliphatic heterocycles. The van der Waals surface area contributed by atoms with Crippen molar-refractivity contribution < 1.29 is 9.47 Å². The fourth-order valence-electron chi connectivity index (χ4n) is 1.80. The molecule has 0 saturated carbocycles. The van der Waals surface area contributed by atoms with Gasteiger partial charge in [0.2, 0.25) is 0 Å². The van der Waals surface area contributed by atoms with Gasteiger partial charge in [0, 0.05) is 5.33 Å². The van der Waals surface area contributed by atoms with Crippen LogP contribution in [0.2, 0.25) is 0 Å². The van der Waals surface area contributed by atoms with Gasteiger partial charge in [0.1, 0.15) is 24.2 Å². The molecule has 0 amide bonds. The largest absolute Gasteiger partial charge is 0.495 e. The summed E-state index contributed by atoms with van der Waals surface area (Å²) in [4.78, 5) is 0. The fraction of sp³-hybridized carbons (Fsp3) is 0.188. The molecule has 0 atom stereocenters. The van der Waals surface area contributed by atoms with Crippen LogP contribution in [0.25, 0.3) is 0 Å². The zero-order valence-electron chi connectivity index (χ0n) is 11.1. The third kappa shape index (κ3) is 3.52. The number of alkyl halides is 1. The van der Waals surface area contributed by atoms with Crippen LogP contribution in [-0.4, -0.2) is 7.11 Å². The average Bonchev–Trinajstić information content (AvgIpc) is 2.52. The number of rotatable bonds is 5. The van der Waals surface area contributed by atoms with Crippen LogP contribution in [0.5, 0.6) is 11.5 Å². The maximum absolute atomic E-state index is 8.94. The molecule has 3 nitrogen and oxygen atoms in total. The topological polar surface area (TPSA) is 42.2 Å². The van der Waals surface area contributed by atoms with Crippen LogP contribution >= 0.6 is 15.9 Å². The zero-order chi connectivity index (χ0) is 14.4. The van der Waals surface area contributed by atoms with Gasteiger partial charge in [-0.2, -0.15) is 5.26 Å². The summed E-state index contributed by atoms with van der Waals surface area (Å²) in [6, 6.07) is 15.4. The highest BCUT2D eigenvalue weighted by atomic mass is 79.9. The second kappa shape index (κ2) is 6.97. The van der Waals surface area contributed by atoms with E-state index in [0.29, 0.717) is 17.9 Å². The summed E-state index contributed by atoms with van der Waals surface area (Å²) in [5.74, 6) is 1.40.